The van der Waals surface area contributed by atoms with E-state index < -0.39 is 0 Å². The van der Waals surface area contributed by atoms with Gasteiger partial charge in [0.25, 0.3) is 0 Å². The SMILES string of the molecule is C=CC.CC=CO. The van der Waals surface area contributed by atoms with Gasteiger partial charge in [0.2, 0.25) is 0 Å². The van der Waals surface area contributed by atoms with Gasteiger partial charge in [0.15, 0.2) is 0 Å². The molecule has 0 radical (unpaired) electrons. The highest BCUT2D eigenvalue weighted by Gasteiger charge is 1.35. The predicted octanol–water partition coefficient (Wildman–Crippen LogP) is 2.27. The number of allylic oxidation sites excluding steroid dienone is 2. The minimum atomic E-state index is 1.00. The zero-order valence-corrected chi connectivity index (χ0v) is 4.89. The molecule has 1 nitrogen and oxygen atoms in total. The summed E-state index contributed by atoms with van der Waals surface area (Å²) < 4.78 is 0. The van der Waals surface area contributed by atoms with E-state index >= 15 is 0 Å². The molecule has 0 aromatic carbocycles. The summed E-state index contributed by atoms with van der Waals surface area (Å²) in [6, 6.07) is 0. The Hall–Kier alpha value is -0.720. The van der Waals surface area contributed by atoms with E-state index in [1.165, 1.54) is 0 Å². The Kier molecular flexibility index (Phi) is 25.4. The average Bonchev–Trinajstić information content (AvgIpc) is 1.69. The van der Waals surface area contributed by atoms with Gasteiger partial charge in [-0.3, -0.25) is 0 Å². The van der Waals surface area contributed by atoms with Gasteiger partial charge in [-0.25, -0.2) is 0 Å². The van der Waals surface area contributed by atoms with Crippen LogP contribution in [0, 0.1) is 0 Å². The van der Waals surface area contributed by atoms with Crippen molar-refractivity contribution in [2.45, 2.75) is 13.8 Å². The summed E-state index contributed by atoms with van der Waals surface area (Å²) in [5, 5.41) is 7.69. The summed E-state index contributed by atoms with van der Waals surface area (Å²) in [6.07, 6.45) is 4.31. The lowest BCUT2D eigenvalue weighted by atomic mass is 10.8. The van der Waals surface area contributed by atoms with Crippen molar-refractivity contribution in [2.75, 3.05) is 0 Å². The lowest BCUT2D eigenvalue weighted by Crippen LogP contribution is -1.36. The summed E-state index contributed by atoms with van der Waals surface area (Å²) in [6.45, 7) is 7.00. The van der Waals surface area contributed by atoms with Crippen LogP contribution in [0.5, 0.6) is 0 Å². The third kappa shape index (κ3) is 725. The molecule has 1 heteroatoms. The predicted molar refractivity (Wildman–Crippen MR) is 33.3 cm³/mol. The van der Waals surface area contributed by atoms with Gasteiger partial charge in [0, 0.05) is 0 Å². The highest BCUT2D eigenvalue weighted by atomic mass is 16.2. The third-order valence-corrected chi connectivity index (χ3v) is 0.149. The molecular formula is C6H12O. The van der Waals surface area contributed by atoms with E-state index in [0.717, 1.165) is 6.26 Å². The molecule has 0 aliphatic rings. The molecule has 42 valence electrons. The van der Waals surface area contributed by atoms with Crippen LogP contribution in [-0.2, 0) is 0 Å². The molecule has 0 amide bonds. The summed E-state index contributed by atoms with van der Waals surface area (Å²) in [7, 11) is 0. The molecule has 0 aliphatic heterocycles. The Morgan fingerprint density at radius 2 is 1.57 bits per heavy atom. The minimum Gasteiger partial charge on any atom is -0.516 e. The molecule has 0 bridgehead atoms. The van der Waals surface area contributed by atoms with Gasteiger partial charge < -0.3 is 5.11 Å². The highest BCUT2D eigenvalue weighted by molar-refractivity contribution is 4.60. The van der Waals surface area contributed by atoms with Crippen LogP contribution in [0.3, 0.4) is 0 Å². The molecule has 0 heterocycles. The zero-order valence-electron chi connectivity index (χ0n) is 4.89. The van der Waals surface area contributed by atoms with Crippen LogP contribution in [0.25, 0.3) is 0 Å². The fourth-order valence-electron chi connectivity index (χ4n) is 0. The largest absolute Gasteiger partial charge is 0.516 e. The van der Waals surface area contributed by atoms with Gasteiger partial charge in [-0.2, -0.15) is 0 Å². The van der Waals surface area contributed by atoms with E-state index in [-0.39, 0.29) is 0 Å². The molecule has 1 N–H and O–H groups in total. The molecule has 0 aliphatic carbocycles. The monoisotopic (exact) mass is 100 g/mol. The van der Waals surface area contributed by atoms with Crippen molar-refractivity contribution < 1.29 is 5.11 Å². The Labute approximate surface area is 45.0 Å². The second-order valence-electron chi connectivity index (χ2n) is 0.891. The van der Waals surface area contributed by atoms with Gasteiger partial charge in [-0.05, 0) is 13.8 Å². The number of rotatable bonds is 0. The topological polar surface area (TPSA) is 20.2 Å². The van der Waals surface area contributed by atoms with E-state index in [1.807, 2.05) is 6.92 Å². The van der Waals surface area contributed by atoms with Gasteiger partial charge >= 0.3 is 0 Å². The van der Waals surface area contributed by atoms with Crippen LogP contribution < -0.4 is 0 Å². The second-order valence-corrected chi connectivity index (χ2v) is 0.891. The van der Waals surface area contributed by atoms with Crippen molar-refractivity contribution in [2.24, 2.45) is 0 Å². The van der Waals surface area contributed by atoms with E-state index in [9.17, 15) is 0 Å². The van der Waals surface area contributed by atoms with Crippen molar-refractivity contribution in [3.05, 3.63) is 25.0 Å². The normalized spacial score (nSPS) is 7.14. The standard InChI is InChI=1S/C3H6O.C3H6/c1-2-3-4;1-3-2/h2-4H,1H3;3H,1H2,2H3. The molecule has 0 aromatic heterocycles. The summed E-state index contributed by atoms with van der Waals surface area (Å²) in [5.41, 5.74) is 0. The van der Waals surface area contributed by atoms with Crippen LogP contribution in [0.2, 0.25) is 0 Å². The summed E-state index contributed by atoms with van der Waals surface area (Å²) in [4.78, 5) is 0. The Morgan fingerprint density at radius 3 is 1.57 bits per heavy atom. The van der Waals surface area contributed by atoms with Crippen molar-refractivity contribution in [1.82, 2.24) is 0 Å². The summed E-state index contributed by atoms with van der Waals surface area (Å²) >= 11 is 0. The first-order valence-electron chi connectivity index (χ1n) is 2.15. The van der Waals surface area contributed by atoms with Crippen LogP contribution in [0.1, 0.15) is 13.8 Å². The molecule has 0 atom stereocenters. The van der Waals surface area contributed by atoms with Crippen molar-refractivity contribution >= 4 is 0 Å². The van der Waals surface area contributed by atoms with E-state index in [0.29, 0.717) is 0 Å². The molecule has 0 rings (SSSR count). The highest BCUT2D eigenvalue weighted by Crippen LogP contribution is 1.51. The maximum atomic E-state index is 7.69. The molecule has 0 aromatic rings. The van der Waals surface area contributed by atoms with Gasteiger partial charge in [0.05, 0.1) is 6.26 Å². The van der Waals surface area contributed by atoms with Crippen LogP contribution in [0.4, 0.5) is 0 Å². The zero-order chi connectivity index (χ0) is 6.12. The lowest BCUT2D eigenvalue weighted by Gasteiger charge is -1.53. The minimum absolute atomic E-state index is 1.00. The number of aliphatic hydroxyl groups excluding tert-OH is 1. The van der Waals surface area contributed by atoms with Gasteiger partial charge in [-0.15, -0.1) is 6.58 Å². The summed E-state index contributed by atoms with van der Waals surface area (Å²) in [5.74, 6) is 0. The fourth-order valence-corrected chi connectivity index (χ4v) is 0. The quantitative estimate of drug-likeness (QED) is 0.365. The Morgan fingerprint density at radius 1 is 1.43 bits per heavy atom. The van der Waals surface area contributed by atoms with E-state index in [1.54, 1.807) is 19.1 Å². The first kappa shape index (κ1) is 9.56. The maximum Gasteiger partial charge on any atom is 0.0748 e. The second kappa shape index (κ2) is 18.6. The number of hydrogen-bond donors (Lipinski definition) is 1. The smallest absolute Gasteiger partial charge is 0.0748 e. The van der Waals surface area contributed by atoms with Crippen LogP contribution in [0.15, 0.2) is 25.0 Å². The van der Waals surface area contributed by atoms with E-state index in [4.69, 9.17) is 5.11 Å². The van der Waals surface area contributed by atoms with Crippen LogP contribution in [-0.4, -0.2) is 5.11 Å². The molecule has 0 unspecified atom stereocenters. The third-order valence-electron chi connectivity index (χ3n) is 0.149. The van der Waals surface area contributed by atoms with Gasteiger partial charge in [-0.1, -0.05) is 12.2 Å². The molecule has 0 fully saturated rings. The molecule has 0 saturated heterocycles. The van der Waals surface area contributed by atoms with Crippen molar-refractivity contribution in [3.8, 4) is 0 Å². The van der Waals surface area contributed by atoms with Crippen molar-refractivity contribution in [1.29, 1.82) is 0 Å². The molecule has 7 heavy (non-hydrogen) atoms. The maximum absolute atomic E-state index is 7.69. The van der Waals surface area contributed by atoms with Gasteiger partial charge in [0.1, 0.15) is 0 Å². The molecule has 0 spiro atoms. The molecular weight excluding hydrogens is 88.1 g/mol. The Bertz CT molecular complexity index is 42.1. The lowest BCUT2D eigenvalue weighted by molar-refractivity contribution is 0.472. The fraction of sp³-hybridized carbons (Fsp3) is 0.333. The van der Waals surface area contributed by atoms with Crippen LogP contribution >= 0.6 is 0 Å². The first-order chi connectivity index (χ1) is 3.33. The van der Waals surface area contributed by atoms with E-state index in [2.05, 4.69) is 6.58 Å². The first-order valence-corrected chi connectivity index (χ1v) is 2.15. The average molecular weight is 100 g/mol. The Balaban J connectivity index is 0. The molecule has 0 saturated carbocycles. The van der Waals surface area contributed by atoms with Crippen molar-refractivity contribution in [3.63, 3.8) is 0 Å². The number of aliphatic hydroxyl groups is 1. The number of hydrogen-bond acceptors (Lipinski definition) is 1.